The fraction of sp³-hybridized carbons (Fsp3) is 0.115. The molecule has 0 spiro atoms. The Balaban J connectivity index is 1.49. The van der Waals surface area contributed by atoms with E-state index in [9.17, 15) is 4.79 Å². The number of carbonyl (C=O) groups is 1. The topological polar surface area (TPSA) is 71.8 Å². The van der Waals surface area contributed by atoms with E-state index in [0.717, 1.165) is 22.4 Å². The van der Waals surface area contributed by atoms with Gasteiger partial charge in [-0.3, -0.25) is 10.1 Å². The average molecular weight is 422 g/mol. The van der Waals surface area contributed by atoms with Crippen LogP contribution in [0.1, 0.15) is 38.7 Å². The number of nitrogens with zero attached hydrogens (tertiary/aromatic N) is 3. The minimum absolute atomic E-state index is 0.152. The molecular formula is C26H23N5O. The van der Waals surface area contributed by atoms with E-state index in [4.69, 9.17) is 0 Å². The fourth-order valence-electron chi connectivity index (χ4n) is 3.71. The van der Waals surface area contributed by atoms with E-state index in [0.29, 0.717) is 11.5 Å². The Kier molecular flexibility index (Phi) is 5.03. The van der Waals surface area contributed by atoms with Crippen molar-refractivity contribution in [2.75, 3.05) is 10.6 Å². The molecule has 0 aliphatic carbocycles. The van der Waals surface area contributed by atoms with Gasteiger partial charge in [0.1, 0.15) is 6.04 Å². The van der Waals surface area contributed by atoms with Gasteiger partial charge in [0.15, 0.2) is 0 Å². The van der Waals surface area contributed by atoms with Crippen molar-refractivity contribution in [3.05, 3.63) is 113 Å². The maximum absolute atomic E-state index is 12.7. The first-order chi connectivity index (χ1) is 15.6. The standard InChI is InChI=1S/C26H23N5O/c1-17-8-12-19(13-9-17)22-16-23(20-6-4-3-5-7-20)31-26(27-22)29-25(30-31)28-24(32)21-14-10-18(2)11-15-21/h3-16,23H,1-2H3,(H2,27,28,29,30,32). The van der Waals surface area contributed by atoms with Crippen molar-refractivity contribution >= 4 is 23.5 Å². The molecule has 1 unspecified atom stereocenters. The summed E-state index contributed by atoms with van der Waals surface area (Å²) in [5.74, 6) is 0.602. The normalized spacial score (nSPS) is 14.8. The van der Waals surface area contributed by atoms with Crippen molar-refractivity contribution in [1.29, 1.82) is 0 Å². The van der Waals surface area contributed by atoms with Gasteiger partial charge in [0.2, 0.25) is 5.95 Å². The van der Waals surface area contributed by atoms with E-state index < -0.39 is 0 Å². The molecule has 158 valence electrons. The number of allylic oxidation sites excluding steroid dienone is 1. The van der Waals surface area contributed by atoms with Crippen LogP contribution in [-0.2, 0) is 0 Å². The SMILES string of the molecule is Cc1ccc(C(=O)Nc2nc3n(n2)C(c2ccccc2)C=C(c2ccc(C)cc2)N3)cc1. The summed E-state index contributed by atoms with van der Waals surface area (Å²) in [5.41, 5.74) is 5.97. The number of fused-ring (bicyclic) bond motifs is 1. The number of benzene rings is 3. The highest BCUT2D eigenvalue weighted by atomic mass is 16.1. The second-order valence-corrected chi connectivity index (χ2v) is 7.95. The summed E-state index contributed by atoms with van der Waals surface area (Å²) in [4.78, 5) is 17.2. The van der Waals surface area contributed by atoms with Crippen molar-refractivity contribution in [1.82, 2.24) is 14.8 Å². The molecule has 32 heavy (non-hydrogen) atoms. The number of anilines is 2. The lowest BCUT2D eigenvalue weighted by atomic mass is 10.0. The van der Waals surface area contributed by atoms with Gasteiger partial charge in [-0.15, -0.1) is 5.10 Å². The molecule has 1 amide bonds. The molecule has 5 rings (SSSR count). The monoisotopic (exact) mass is 421 g/mol. The molecule has 2 heterocycles. The number of amides is 1. The number of carbonyl (C=O) groups excluding carboxylic acids is 1. The molecule has 1 aromatic heterocycles. The molecule has 0 radical (unpaired) electrons. The Morgan fingerprint density at radius 3 is 2.25 bits per heavy atom. The van der Waals surface area contributed by atoms with Gasteiger partial charge in [-0.1, -0.05) is 77.9 Å². The molecule has 0 saturated heterocycles. The summed E-state index contributed by atoms with van der Waals surface area (Å²) in [6.07, 6.45) is 2.13. The Morgan fingerprint density at radius 1 is 0.906 bits per heavy atom. The lowest BCUT2D eigenvalue weighted by Gasteiger charge is -2.24. The summed E-state index contributed by atoms with van der Waals surface area (Å²) < 4.78 is 1.80. The number of nitrogens with one attached hydrogen (secondary N) is 2. The maximum Gasteiger partial charge on any atom is 0.258 e. The molecule has 1 aliphatic rings. The average Bonchev–Trinajstić information content (AvgIpc) is 3.22. The van der Waals surface area contributed by atoms with Crippen LogP contribution >= 0.6 is 0 Å². The highest BCUT2D eigenvalue weighted by molar-refractivity contribution is 6.03. The molecule has 1 atom stereocenters. The van der Waals surface area contributed by atoms with Crippen molar-refractivity contribution < 1.29 is 4.79 Å². The van der Waals surface area contributed by atoms with Crippen LogP contribution in [0.5, 0.6) is 0 Å². The molecule has 0 bridgehead atoms. The largest absolute Gasteiger partial charge is 0.324 e. The first-order valence-electron chi connectivity index (χ1n) is 10.5. The van der Waals surface area contributed by atoms with E-state index in [1.54, 1.807) is 16.8 Å². The van der Waals surface area contributed by atoms with E-state index in [2.05, 4.69) is 70.1 Å². The lowest BCUT2D eigenvalue weighted by Crippen LogP contribution is -2.20. The third-order valence-electron chi connectivity index (χ3n) is 5.51. The Bertz CT molecular complexity index is 1290. The first-order valence-corrected chi connectivity index (χ1v) is 10.5. The summed E-state index contributed by atoms with van der Waals surface area (Å²) in [6.45, 7) is 4.06. The number of hydrogen-bond acceptors (Lipinski definition) is 4. The van der Waals surface area contributed by atoms with Gasteiger partial charge in [-0.25, -0.2) is 4.68 Å². The molecule has 3 aromatic carbocycles. The van der Waals surface area contributed by atoms with Crippen LogP contribution in [0.4, 0.5) is 11.9 Å². The highest BCUT2D eigenvalue weighted by Crippen LogP contribution is 2.33. The van der Waals surface area contributed by atoms with Crippen LogP contribution in [0, 0.1) is 13.8 Å². The fourth-order valence-corrected chi connectivity index (χ4v) is 3.71. The number of aryl methyl sites for hydroxylation is 2. The zero-order valence-corrected chi connectivity index (χ0v) is 17.9. The first kappa shape index (κ1) is 19.8. The van der Waals surface area contributed by atoms with Gasteiger partial charge < -0.3 is 5.32 Å². The Morgan fingerprint density at radius 2 is 1.56 bits per heavy atom. The summed E-state index contributed by atoms with van der Waals surface area (Å²) in [5, 5.41) is 10.8. The maximum atomic E-state index is 12.7. The predicted molar refractivity (Wildman–Crippen MR) is 127 cm³/mol. The van der Waals surface area contributed by atoms with Crippen LogP contribution in [0.3, 0.4) is 0 Å². The molecular weight excluding hydrogens is 398 g/mol. The van der Waals surface area contributed by atoms with Gasteiger partial charge in [-0.2, -0.15) is 4.98 Å². The molecule has 4 aromatic rings. The Hall–Kier alpha value is -4.19. The number of rotatable bonds is 4. The van der Waals surface area contributed by atoms with Crippen LogP contribution in [0.2, 0.25) is 0 Å². The Labute approximate surface area is 186 Å². The minimum Gasteiger partial charge on any atom is -0.324 e. The van der Waals surface area contributed by atoms with Gasteiger partial charge in [0, 0.05) is 11.3 Å². The lowest BCUT2D eigenvalue weighted by molar-refractivity contribution is 0.102. The second kappa shape index (κ2) is 8.15. The third-order valence-corrected chi connectivity index (χ3v) is 5.51. The molecule has 0 saturated carbocycles. The quantitative estimate of drug-likeness (QED) is 0.475. The van der Waals surface area contributed by atoms with E-state index in [-0.39, 0.29) is 17.9 Å². The van der Waals surface area contributed by atoms with Gasteiger partial charge in [0.05, 0.1) is 0 Å². The highest BCUT2D eigenvalue weighted by Gasteiger charge is 2.25. The van der Waals surface area contributed by atoms with Crippen LogP contribution in [0.15, 0.2) is 84.9 Å². The number of aromatic nitrogens is 3. The molecule has 2 N–H and O–H groups in total. The van der Waals surface area contributed by atoms with Crippen molar-refractivity contribution in [2.24, 2.45) is 0 Å². The number of hydrogen-bond donors (Lipinski definition) is 2. The minimum atomic E-state index is -0.240. The second-order valence-electron chi connectivity index (χ2n) is 7.95. The van der Waals surface area contributed by atoms with Crippen LogP contribution in [-0.4, -0.2) is 20.7 Å². The smallest absolute Gasteiger partial charge is 0.258 e. The predicted octanol–water partition coefficient (Wildman–Crippen LogP) is 5.20. The van der Waals surface area contributed by atoms with E-state index in [1.165, 1.54) is 5.56 Å². The molecule has 6 heteroatoms. The zero-order chi connectivity index (χ0) is 22.1. The third kappa shape index (κ3) is 3.90. The molecule has 1 aliphatic heterocycles. The van der Waals surface area contributed by atoms with E-state index in [1.807, 2.05) is 37.3 Å². The van der Waals surface area contributed by atoms with Gasteiger partial charge >= 0.3 is 0 Å². The van der Waals surface area contributed by atoms with Gasteiger partial charge in [-0.05, 0) is 43.2 Å². The van der Waals surface area contributed by atoms with Crippen molar-refractivity contribution in [3.63, 3.8) is 0 Å². The summed E-state index contributed by atoms with van der Waals surface area (Å²) in [7, 11) is 0. The van der Waals surface area contributed by atoms with Gasteiger partial charge in [0.25, 0.3) is 11.9 Å². The zero-order valence-electron chi connectivity index (χ0n) is 17.9. The molecule has 6 nitrogen and oxygen atoms in total. The van der Waals surface area contributed by atoms with E-state index >= 15 is 0 Å². The summed E-state index contributed by atoms with van der Waals surface area (Å²) in [6, 6.07) is 25.7. The molecule has 0 fully saturated rings. The van der Waals surface area contributed by atoms with Crippen molar-refractivity contribution in [2.45, 2.75) is 19.9 Å². The van der Waals surface area contributed by atoms with Crippen LogP contribution < -0.4 is 10.6 Å². The van der Waals surface area contributed by atoms with Crippen LogP contribution in [0.25, 0.3) is 5.70 Å². The summed E-state index contributed by atoms with van der Waals surface area (Å²) >= 11 is 0. The van der Waals surface area contributed by atoms with Crippen molar-refractivity contribution in [3.8, 4) is 0 Å².